The molecule has 1 saturated heterocycles. The Balaban J connectivity index is 1.81. The summed E-state index contributed by atoms with van der Waals surface area (Å²) >= 11 is 0. The number of fused-ring (bicyclic) bond motifs is 1. The van der Waals surface area contributed by atoms with E-state index in [4.69, 9.17) is 4.74 Å². The van der Waals surface area contributed by atoms with Gasteiger partial charge in [-0.2, -0.15) is 0 Å². The highest BCUT2D eigenvalue weighted by molar-refractivity contribution is 5.96. The second-order valence-corrected chi connectivity index (χ2v) is 6.78. The number of H-pyrrole nitrogens is 1. The van der Waals surface area contributed by atoms with Crippen molar-refractivity contribution < 1.29 is 9.53 Å². The molecule has 1 aliphatic heterocycles. The molecule has 26 heavy (non-hydrogen) atoms. The molecule has 3 rings (SSSR count). The number of pyridine rings is 1. The third-order valence-corrected chi connectivity index (χ3v) is 4.95. The normalized spacial score (nSPS) is 16.5. The van der Waals surface area contributed by atoms with Crippen molar-refractivity contribution in [2.75, 3.05) is 33.4 Å². The summed E-state index contributed by atoms with van der Waals surface area (Å²) in [5.74, 6) is -0.304. The molecule has 0 unspecified atom stereocenters. The van der Waals surface area contributed by atoms with E-state index in [9.17, 15) is 14.4 Å². The van der Waals surface area contributed by atoms with E-state index in [0.29, 0.717) is 13.2 Å². The minimum absolute atomic E-state index is 0.0959. The summed E-state index contributed by atoms with van der Waals surface area (Å²) in [7, 11) is 3.17. The van der Waals surface area contributed by atoms with Crippen molar-refractivity contribution in [2.24, 2.45) is 12.5 Å². The molecule has 1 fully saturated rings. The number of hydrogen-bond acceptors (Lipinski definition) is 6. The fraction of sp³-hybridized carbons (Fsp3) is 0.529. The van der Waals surface area contributed by atoms with Crippen LogP contribution in [0.25, 0.3) is 11.0 Å². The Morgan fingerprint density at radius 3 is 2.81 bits per heavy atom. The molecule has 3 heterocycles. The standard InChI is InChI=1S/C17H23N5O4/c1-22-13-12(15(24)21-16(22)25)7-11(8-19-13)14(23)20-9-17(10-26-2)3-5-18-6-4-17/h7-8,18H,3-6,9-10H2,1-2H3,(H,20,23)(H,21,24,25). The van der Waals surface area contributed by atoms with Gasteiger partial charge in [0.2, 0.25) is 0 Å². The Bertz CT molecular complexity index is 921. The maximum absolute atomic E-state index is 12.6. The molecule has 140 valence electrons. The Hall–Kier alpha value is -2.52. The molecule has 0 saturated carbocycles. The lowest BCUT2D eigenvalue weighted by atomic mass is 9.79. The third-order valence-electron chi connectivity index (χ3n) is 4.95. The van der Waals surface area contributed by atoms with Gasteiger partial charge >= 0.3 is 5.69 Å². The minimum Gasteiger partial charge on any atom is -0.384 e. The molecule has 3 N–H and O–H groups in total. The van der Waals surface area contributed by atoms with Gasteiger partial charge in [-0.3, -0.25) is 19.1 Å². The molecular formula is C17H23N5O4. The first-order valence-corrected chi connectivity index (χ1v) is 8.53. The highest BCUT2D eigenvalue weighted by Crippen LogP contribution is 2.28. The van der Waals surface area contributed by atoms with Gasteiger partial charge in [0.15, 0.2) is 0 Å². The molecule has 0 bridgehead atoms. The van der Waals surface area contributed by atoms with Crippen molar-refractivity contribution >= 4 is 16.9 Å². The van der Waals surface area contributed by atoms with Crippen LogP contribution in [0.2, 0.25) is 0 Å². The molecule has 9 heteroatoms. The first-order chi connectivity index (χ1) is 12.5. The van der Waals surface area contributed by atoms with Crippen molar-refractivity contribution in [2.45, 2.75) is 12.8 Å². The van der Waals surface area contributed by atoms with Crippen molar-refractivity contribution in [3.63, 3.8) is 0 Å². The molecule has 2 aromatic rings. The van der Waals surface area contributed by atoms with E-state index in [1.54, 1.807) is 7.11 Å². The van der Waals surface area contributed by atoms with E-state index in [1.165, 1.54) is 23.9 Å². The molecular weight excluding hydrogens is 338 g/mol. The van der Waals surface area contributed by atoms with E-state index in [0.717, 1.165) is 25.9 Å². The number of rotatable bonds is 5. The Kier molecular flexibility index (Phi) is 5.19. The van der Waals surface area contributed by atoms with Gasteiger partial charge in [-0.25, -0.2) is 9.78 Å². The second kappa shape index (κ2) is 7.38. The van der Waals surface area contributed by atoms with Gasteiger partial charge in [0, 0.05) is 32.3 Å². The topological polar surface area (TPSA) is 118 Å². The summed E-state index contributed by atoms with van der Waals surface area (Å²) in [6.45, 7) is 2.84. The predicted molar refractivity (Wildman–Crippen MR) is 96.4 cm³/mol. The van der Waals surface area contributed by atoms with Gasteiger partial charge in [0.1, 0.15) is 5.65 Å². The van der Waals surface area contributed by atoms with Gasteiger partial charge in [-0.15, -0.1) is 0 Å². The SMILES string of the molecule is COCC1(CNC(=O)c2cnc3c(c2)c(=O)[nH]c(=O)n3C)CCNCC1. The van der Waals surface area contributed by atoms with Gasteiger partial charge < -0.3 is 15.4 Å². The van der Waals surface area contributed by atoms with Crippen LogP contribution in [0, 0.1) is 5.41 Å². The molecule has 1 amide bonds. The summed E-state index contributed by atoms with van der Waals surface area (Å²) in [6, 6.07) is 1.46. The largest absolute Gasteiger partial charge is 0.384 e. The quantitative estimate of drug-likeness (QED) is 0.652. The van der Waals surface area contributed by atoms with Gasteiger partial charge in [0.25, 0.3) is 11.5 Å². The highest BCUT2D eigenvalue weighted by Gasteiger charge is 2.32. The predicted octanol–water partition coefficient (Wildman–Crippen LogP) is -0.632. The lowest BCUT2D eigenvalue weighted by Gasteiger charge is -2.37. The fourth-order valence-electron chi connectivity index (χ4n) is 3.37. The average molecular weight is 361 g/mol. The Labute approximate surface area is 149 Å². The molecule has 0 spiro atoms. The van der Waals surface area contributed by atoms with Crippen LogP contribution in [0.1, 0.15) is 23.2 Å². The number of aromatic amines is 1. The lowest BCUT2D eigenvalue weighted by molar-refractivity contribution is 0.0511. The lowest BCUT2D eigenvalue weighted by Crippen LogP contribution is -2.47. The number of ether oxygens (including phenoxy) is 1. The Morgan fingerprint density at radius 2 is 2.12 bits per heavy atom. The van der Waals surface area contributed by atoms with E-state index in [2.05, 4.69) is 20.6 Å². The monoisotopic (exact) mass is 361 g/mol. The van der Waals surface area contributed by atoms with Crippen LogP contribution in [-0.2, 0) is 11.8 Å². The fourth-order valence-corrected chi connectivity index (χ4v) is 3.37. The molecule has 0 radical (unpaired) electrons. The number of methoxy groups -OCH3 is 1. The summed E-state index contributed by atoms with van der Waals surface area (Å²) in [5.41, 5.74) is -0.673. The summed E-state index contributed by atoms with van der Waals surface area (Å²) in [6.07, 6.45) is 3.21. The minimum atomic E-state index is -0.556. The van der Waals surface area contributed by atoms with E-state index in [1.807, 2.05) is 0 Å². The zero-order valence-corrected chi connectivity index (χ0v) is 14.9. The van der Waals surface area contributed by atoms with Crippen molar-refractivity contribution in [1.82, 2.24) is 25.2 Å². The number of piperidine rings is 1. The van der Waals surface area contributed by atoms with Crippen LogP contribution in [-0.4, -0.2) is 53.8 Å². The molecule has 9 nitrogen and oxygen atoms in total. The third kappa shape index (κ3) is 3.54. The van der Waals surface area contributed by atoms with E-state index < -0.39 is 11.2 Å². The zero-order chi connectivity index (χ0) is 18.7. The van der Waals surface area contributed by atoms with Crippen LogP contribution in [0.15, 0.2) is 21.9 Å². The molecule has 0 aromatic carbocycles. The van der Waals surface area contributed by atoms with Crippen molar-refractivity contribution in [3.05, 3.63) is 38.7 Å². The first-order valence-electron chi connectivity index (χ1n) is 8.53. The van der Waals surface area contributed by atoms with Crippen LogP contribution < -0.4 is 21.9 Å². The number of nitrogens with zero attached hydrogens (tertiary/aromatic N) is 2. The highest BCUT2D eigenvalue weighted by atomic mass is 16.5. The van der Waals surface area contributed by atoms with E-state index in [-0.39, 0.29) is 27.9 Å². The van der Waals surface area contributed by atoms with Crippen LogP contribution in [0.4, 0.5) is 0 Å². The number of nitrogens with one attached hydrogen (secondary N) is 3. The number of amides is 1. The van der Waals surface area contributed by atoms with Gasteiger partial charge in [-0.05, 0) is 32.0 Å². The average Bonchev–Trinajstić information content (AvgIpc) is 2.65. The molecule has 1 aliphatic rings. The summed E-state index contributed by atoms with van der Waals surface area (Å²) < 4.78 is 6.59. The smallest absolute Gasteiger partial charge is 0.329 e. The number of carbonyl (C=O) groups excluding carboxylic acids is 1. The maximum Gasteiger partial charge on any atom is 0.329 e. The second-order valence-electron chi connectivity index (χ2n) is 6.78. The van der Waals surface area contributed by atoms with Crippen LogP contribution >= 0.6 is 0 Å². The molecule has 0 atom stereocenters. The summed E-state index contributed by atoms with van der Waals surface area (Å²) in [4.78, 5) is 42.5. The Morgan fingerprint density at radius 1 is 1.38 bits per heavy atom. The number of carbonyl (C=O) groups is 1. The van der Waals surface area contributed by atoms with Crippen molar-refractivity contribution in [1.29, 1.82) is 0 Å². The van der Waals surface area contributed by atoms with Gasteiger partial charge in [0.05, 0.1) is 17.6 Å². The van der Waals surface area contributed by atoms with Crippen molar-refractivity contribution in [3.8, 4) is 0 Å². The van der Waals surface area contributed by atoms with Crippen LogP contribution in [0.3, 0.4) is 0 Å². The molecule has 2 aromatic heterocycles. The number of hydrogen-bond donors (Lipinski definition) is 3. The van der Waals surface area contributed by atoms with E-state index >= 15 is 0 Å². The number of aromatic nitrogens is 3. The first kappa shape index (κ1) is 18.3. The van der Waals surface area contributed by atoms with Gasteiger partial charge in [-0.1, -0.05) is 0 Å². The maximum atomic E-state index is 12.6. The zero-order valence-electron chi connectivity index (χ0n) is 14.9. The molecule has 0 aliphatic carbocycles. The number of aryl methyl sites for hydroxylation is 1. The van der Waals surface area contributed by atoms with Crippen LogP contribution in [0.5, 0.6) is 0 Å². The summed E-state index contributed by atoms with van der Waals surface area (Å²) in [5, 5.41) is 6.45.